The van der Waals surface area contributed by atoms with Crippen molar-refractivity contribution >= 4 is 31.9 Å². The number of aliphatic hydroxyl groups is 1. The van der Waals surface area contributed by atoms with Crippen LogP contribution in [0.25, 0.3) is 0 Å². The molecule has 0 aliphatic carbocycles. The minimum absolute atomic E-state index is 0.0326. The Kier molecular flexibility index (Phi) is 4.80. The second-order valence-corrected chi connectivity index (χ2v) is 5.66. The predicted octanol–water partition coefficient (Wildman–Crippen LogP) is 4.28. The monoisotopic (exact) mass is 370 g/mol. The molecule has 0 saturated heterocycles. The predicted molar refractivity (Wildman–Crippen MR) is 78.5 cm³/mol. The lowest BCUT2D eigenvalue weighted by Crippen LogP contribution is -1.98. The topological polar surface area (TPSA) is 29.5 Å². The molecule has 0 radical (unpaired) electrons. The van der Waals surface area contributed by atoms with Crippen LogP contribution in [-0.4, -0.2) is 5.11 Å². The Morgan fingerprint density at radius 2 is 1.61 bits per heavy atom. The summed E-state index contributed by atoms with van der Waals surface area (Å²) in [6.45, 7) is 0.455. The van der Waals surface area contributed by atoms with Gasteiger partial charge >= 0.3 is 0 Å². The molecule has 0 atom stereocenters. The fraction of sp³-hybridized carbons (Fsp3) is 0.143. The Morgan fingerprint density at radius 3 is 2.28 bits per heavy atom. The first kappa shape index (κ1) is 13.6. The molecule has 0 aliphatic rings. The van der Waals surface area contributed by atoms with E-state index in [1.54, 1.807) is 0 Å². The highest BCUT2D eigenvalue weighted by Crippen LogP contribution is 2.24. The number of ether oxygens (including phenoxy) is 1. The average Bonchev–Trinajstić information content (AvgIpc) is 2.39. The third-order valence-electron chi connectivity index (χ3n) is 2.50. The molecule has 0 fully saturated rings. The van der Waals surface area contributed by atoms with Gasteiger partial charge in [-0.25, -0.2) is 0 Å². The highest BCUT2D eigenvalue weighted by Gasteiger charge is 2.04. The van der Waals surface area contributed by atoms with E-state index >= 15 is 0 Å². The van der Waals surface area contributed by atoms with Crippen molar-refractivity contribution in [3.05, 3.63) is 62.5 Å². The Hall–Kier alpha value is -0.840. The van der Waals surface area contributed by atoms with Crippen LogP contribution in [0.2, 0.25) is 0 Å². The van der Waals surface area contributed by atoms with Crippen LogP contribution in [0.4, 0.5) is 0 Å². The van der Waals surface area contributed by atoms with Gasteiger partial charge in [-0.2, -0.15) is 0 Å². The zero-order valence-corrected chi connectivity index (χ0v) is 12.7. The fourth-order valence-electron chi connectivity index (χ4n) is 1.55. The van der Waals surface area contributed by atoms with Crippen molar-refractivity contribution in [2.24, 2.45) is 0 Å². The van der Waals surface area contributed by atoms with Gasteiger partial charge in [-0.05, 0) is 35.9 Å². The molecular formula is C14H12Br2O2. The quantitative estimate of drug-likeness (QED) is 0.868. The van der Waals surface area contributed by atoms with Crippen LogP contribution in [0.5, 0.6) is 5.75 Å². The molecule has 2 aromatic rings. The summed E-state index contributed by atoms with van der Waals surface area (Å²) < 4.78 is 7.69. The summed E-state index contributed by atoms with van der Waals surface area (Å²) in [6.07, 6.45) is 0. The maximum absolute atomic E-state index is 9.27. The number of halogens is 2. The standard InChI is InChI=1S/C14H12Br2O2/c15-12-3-1-10(2-4-12)9-18-14-6-5-13(16)7-11(14)8-17/h1-7,17H,8-9H2. The van der Waals surface area contributed by atoms with E-state index in [1.165, 1.54) is 0 Å². The van der Waals surface area contributed by atoms with Crippen LogP contribution in [-0.2, 0) is 13.2 Å². The molecule has 2 aromatic carbocycles. The number of hydrogen-bond donors (Lipinski definition) is 1. The van der Waals surface area contributed by atoms with Gasteiger partial charge in [-0.3, -0.25) is 0 Å². The van der Waals surface area contributed by atoms with Gasteiger partial charge < -0.3 is 9.84 Å². The molecule has 0 aromatic heterocycles. The molecule has 0 unspecified atom stereocenters. The summed E-state index contributed by atoms with van der Waals surface area (Å²) in [5.41, 5.74) is 1.87. The SMILES string of the molecule is OCc1cc(Br)ccc1OCc1ccc(Br)cc1. The first-order valence-corrected chi connectivity index (χ1v) is 7.04. The van der Waals surface area contributed by atoms with Crippen LogP contribution < -0.4 is 4.74 Å². The Bertz CT molecular complexity index is 524. The highest BCUT2D eigenvalue weighted by molar-refractivity contribution is 9.10. The van der Waals surface area contributed by atoms with Crippen molar-refractivity contribution in [2.75, 3.05) is 0 Å². The molecule has 0 bridgehead atoms. The van der Waals surface area contributed by atoms with Gasteiger partial charge in [0.15, 0.2) is 0 Å². The van der Waals surface area contributed by atoms with E-state index in [-0.39, 0.29) is 6.61 Å². The molecule has 4 heteroatoms. The van der Waals surface area contributed by atoms with Gasteiger partial charge in [0.05, 0.1) is 6.61 Å². The second kappa shape index (κ2) is 6.36. The fourth-order valence-corrected chi connectivity index (χ4v) is 2.23. The van der Waals surface area contributed by atoms with Gasteiger partial charge in [-0.15, -0.1) is 0 Å². The van der Waals surface area contributed by atoms with Crippen molar-refractivity contribution in [3.8, 4) is 5.75 Å². The Labute approximate surface area is 123 Å². The second-order valence-electron chi connectivity index (χ2n) is 3.83. The van der Waals surface area contributed by atoms with Crippen LogP contribution in [0.3, 0.4) is 0 Å². The first-order valence-electron chi connectivity index (χ1n) is 5.45. The van der Waals surface area contributed by atoms with E-state index in [0.29, 0.717) is 12.4 Å². The van der Waals surface area contributed by atoms with Crippen molar-refractivity contribution in [1.29, 1.82) is 0 Å². The van der Waals surface area contributed by atoms with Gasteiger partial charge in [0.2, 0.25) is 0 Å². The van der Waals surface area contributed by atoms with Gasteiger partial charge in [0, 0.05) is 14.5 Å². The summed E-state index contributed by atoms with van der Waals surface area (Å²) in [6, 6.07) is 13.6. The lowest BCUT2D eigenvalue weighted by atomic mass is 10.2. The number of benzene rings is 2. The molecule has 0 aliphatic heterocycles. The minimum atomic E-state index is -0.0326. The Morgan fingerprint density at radius 1 is 0.944 bits per heavy atom. The van der Waals surface area contributed by atoms with Crippen LogP contribution in [0.15, 0.2) is 51.4 Å². The Balaban J connectivity index is 2.08. The number of hydrogen-bond acceptors (Lipinski definition) is 2. The molecule has 0 spiro atoms. The number of aliphatic hydroxyl groups excluding tert-OH is 1. The van der Waals surface area contributed by atoms with Gasteiger partial charge in [0.1, 0.15) is 12.4 Å². The molecule has 94 valence electrons. The van der Waals surface area contributed by atoms with E-state index in [4.69, 9.17) is 4.74 Å². The minimum Gasteiger partial charge on any atom is -0.489 e. The van der Waals surface area contributed by atoms with Gasteiger partial charge in [-0.1, -0.05) is 44.0 Å². The van der Waals surface area contributed by atoms with Crippen LogP contribution >= 0.6 is 31.9 Å². The summed E-state index contributed by atoms with van der Waals surface area (Å²) in [5.74, 6) is 0.712. The van der Waals surface area contributed by atoms with E-state index in [9.17, 15) is 5.11 Å². The average molecular weight is 372 g/mol. The van der Waals surface area contributed by atoms with E-state index in [0.717, 1.165) is 20.1 Å². The smallest absolute Gasteiger partial charge is 0.125 e. The molecule has 2 rings (SSSR count). The summed E-state index contributed by atoms with van der Waals surface area (Å²) in [4.78, 5) is 0. The summed E-state index contributed by atoms with van der Waals surface area (Å²) >= 11 is 6.76. The molecule has 0 heterocycles. The van der Waals surface area contributed by atoms with Crippen molar-refractivity contribution in [2.45, 2.75) is 13.2 Å². The van der Waals surface area contributed by atoms with Crippen molar-refractivity contribution in [1.82, 2.24) is 0 Å². The lowest BCUT2D eigenvalue weighted by Gasteiger charge is -2.10. The normalized spacial score (nSPS) is 10.4. The number of rotatable bonds is 4. The third-order valence-corrected chi connectivity index (χ3v) is 3.52. The molecule has 0 saturated carbocycles. The molecule has 1 N–H and O–H groups in total. The summed E-state index contributed by atoms with van der Waals surface area (Å²) in [5, 5.41) is 9.27. The zero-order valence-electron chi connectivity index (χ0n) is 9.57. The maximum atomic E-state index is 9.27. The van der Waals surface area contributed by atoms with Crippen LogP contribution in [0.1, 0.15) is 11.1 Å². The molecule has 2 nitrogen and oxygen atoms in total. The van der Waals surface area contributed by atoms with E-state index < -0.39 is 0 Å². The van der Waals surface area contributed by atoms with E-state index in [2.05, 4.69) is 31.9 Å². The highest BCUT2D eigenvalue weighted by atomic mass is 79.9. The molecular weight excluding hydrogens is 360 g/mol. The van der Waals surface area contributed by atoms with Crippen molar-refractivity contribution in [3.63, 3.8) is 0 Å². The maximum Gasteiger partial charge on any atom is 0.125 e. The third kappa shape index (κ3) is 3.57. The lowest BCUT2D eigenvalue weighted by molar-refractivity contribution is 0.259. The van der Waals surface area contributed by atoms with E-state index in [1.807, 2.05) is 42.5 Å². The largest absolute Gasteiger partial charge is 0.489 e. The molecule has 18 heavy (non-hydrogen) atoms. The zero-order chi connectivity index (χ0) is 13.0. The van der Waals surface area contributed by atoms with Crippen molar-refractivity contribution < 1.29 is 9.84 Å². The first-order chi connectivity index (χ1) is 8.69. The van der Waals surface area contributed by atoms with Gasteiger partial charge in [0.25, 0.3) is 0 Å². The van der Waals surface area contributed by atoms with Crippen LogP contribution in [0, 0.1) is 0 Å². The molecule has 0 amide bonds. The summed E-state index contributed by atoms with van der Waals surface area (Å²) in [7, 11) is 0.